The smallest absolute Gasteiger partial charge is 0.0302 e. The maximum atomic E-state index is 5.76. The van der Waals surface area contributed by atoms with E-state index >= 15 is 0 Å². The molecule has 0 atom stereocenters. The van der Waals surface area contributed by atoms with Crippen molar-refractivity contribution < 1.29 is 0 Å². The lowest BCUT2D eigenvalue weighted by molar-refractivity contribution is -0.104. The van der Waals surface area contributed by atoms with Crippen molar-refractivity contribution in [3.63, 3.8) is 0 Å². The van der Waals surface area contributed by atoms with Crippen LogP contribution < -0.4 is 11.2 Å². The fourth-order valence-electron chi connectivity index (χ4n) is 3.91. The van der Waals surface area contributed by atoms with E-state index in [1.807, 2.05) is 0 Å². The number of hydrogen-bond acceptors (Lipinski definition) is 4. The highest BCUT2D eigenvalue weighted by molar-refractivity contribution is 4.73. The van der Waals surface area contributed by atoms with Gasteiger partial charge in [0, 0.05) is 25.7 Å². The third kappa shape index (κ3) is 6.53. The molecule has 0 spiro atoms. The Morgan fingerprint density at radius 3 is 2.18 bits per heavy atom. The van der Waals surface area contributed by atoms with Crippen LogP contribution in [0.5, 0.6) is 0 Å². The van der Waals surface area contributed by atoms with Crippen LogP contribution in [0.15, 0.2) is 0 Å². The number of nitrogens with two attached hydrogens (primary N) is 1. The number of hydrazine groups is 2. The van der Waals surface area contributed by atoms with Crippen molar-refractivity contribution in [2.24, 2.45) is 5.73 Å². The standard InChI is InChI=1S/C18H38N4/c19-14-11-17-22-20-15-9-5-6-10-16-21(22)18-12-7-3-1-2-4-8-13-18/h18,20H,1-17,19H2. The molecule has 2 rings (SSSR count). The summed E-state index contributed by atoms with van der Waals surface area (Å²) in [5.41, 5.74) is 9.46. The zero-order valence-corrected chi connectivity index (χ0v) is 14.6. The van der Waals surface area contributed by atoms with Gasteiger partial charge in [-0.05, 0) is 38.6 Å². The fraction of sp³-hybridized carbons (Fsp3) is 1.00. The van der Waals surface area contributed by atoms with Gasteiger partial charge in [0.2, 0.25) is 0 Å². The molecule has 3 N–H and O–H groups in total. The Balaban J connectivity index is 1.99. The van der Waals surface area contributed by atoms with Gasteiger partial charge in [0.1, 0.15) is 0 Å². The van der Waals surface area contributed by atoms with Crippen LogP contribution >= 0.6 is 0 Å². The van der Waals surface area contributed by atoms with Crippen molar-refractivity contribution in [3.8, 4) is 0 Å². The second-order valence-corrected chi connectivity index (χ2v) is 7.10. The first-order valence-corrected chi connectivity index (χ1v) is 9.89. The number of nitrogens with one attached hydrogen (secondary N) is 1. The highest BCUT2D eigenvalue weighted by atomic mass is 15.8. The average Bonchev–Trinajstić information content (AvgIpc) is 2.74. The van der Waals surface area contributed by atoms with E-state index in [1.165, 1.54) is 83.6 Å². The molecule has 1 saturated carbocycles. The second kappa shape index (κ2) is 11.4. The molecule has 0 bridgehead atoms. The molecule has 1 aliphatic carbocycles. The largest absolute Gasteiger partial charge is 0.330 e. The summed E-state index contributed by atoms with van der Waals surface area (Å²) in [6, 6.07) is 0.737. The third-order valence-corrected chi connectivity index (χ3v) is 5.24. The Kier molecular flexibility index (Phi) is 9.41. The lowest BCUT2D eigenvalue weighted by Gasteiger charge is -2.40. The highest BCUT2D eigenvalue weighted by Gasteiger charge is 2.24. The molecule has 0 amide bonds. The van der Waals surface area contributed by atoms with Crippen LogP contribution in [0, 0.1) is 0 Å². The Morgan fingerprint density at radius 2 is 1.45 bits per heavy atom. The number of rotatable bonds is 4. The van der Waals surface area contributed by atoms with Gasteiger partial charge >= 0.3 is 0 Å². The Morgan fingerprint density at radius 1 is 0.818 bits per heavy atom. The van der Waals surface area contributed by atoms with Crippen LogP contribution in [0.3, 0.4) is 0 Å². The van der Waals surface area contributed by atoms with Crippen LogP contribution in [0.2, 0.25) is 0 Å². The molecule has 4 nitrogen and oxygen atoms in total. The quantitative estimate of drug-likeness (QED) is 0.835. The summed E-state index contributed by atoms with van der Waals surface area (Å²) < 4.78 is 0. The van der Waals surface area contributed by atoms with Gasteiger partial charge < -0.3 is 5.73 Å². The first-order valence-electron chi connectivity index (χ1n) is 9.89. The number of hydrogen-bond donors (Lipinski definition) is 2. The van der Waals surface area contributed by atoms with Gasteiger partial charge in [0.05, 0.1) is 0 Å². The predicted octanol–water partition coefficient (Wildman–Crippen LogP) is 3.44. The lowest BCUT2D eigenvalue weighted by atomic mass is 10.0. The molecule has 0 aromatic carbocycles. The minimum Gasteiger partial charge on any atom is -0.330 e. The van der Waals surface area contributed by atoms with E-state index in [0.717, 1.165) is 32.1 Å². The molecule has 2 fully saturated rings. The molecule has 22 heavy (non-hydrogen) atoms. The lowest BCUT2D eigenvalue weighted by Crippen LogP contribution is -2.56. The van der Waals surface area contributed by atoms with Crippen molar-refractivity contribution in [1.82, 2.24) is 15.6 Å². The minimum absolute atomic E-state index is 0.737. The summed E-state index contributed by atoms with van der Waals surface area (Å²) in [5.74, 6) is 0. The van der Waals surface area contributed by atoms with Crippen LogP contribution in [0.25, 0.3) is 0 Å². The van der Waals surface area contributed by atoms with Crippen molar-refractivity contribution in [2.75, 3.05) is 26.2 Å². The van der Waals surface area contributed by atoms with Crippen LogP contribution in [0.1, 0.15) is 83.5 Å². The normalized spacial score (nSPS) is 25.5. The Bertz CT molecular complexity index is 262. The van der Waals surface area contributed by atoms with E-state index in [2.05, 4.69) is 15.6 Å². The van der Waals surface area contributed by atoms with Gasteiger partial charge in [-0.1, -0.05) is 51.4 Å². The molecule has 0 unspecified atom stereocenters. The molecule has 0 radical (unpaired) electrons. The van der Waals surface area contributed by atoms with E-state index in [1.54, 1.807) is 0 Å². The van der Waals surface area contributed by atoms with E-state index in [9.17, 15) is 0 Å². The van der Waals surface area contributed by atoms with Gasteiger partial charge in [-0.15, -0.1) is 0 Å². The summed E-state index contributed by atoms with van der Waals surface area (Å²) in [5, 5.41) is 5.13. The summed E-state index contributed by atoms with van der Waals surface area (Å²) in [4.78, 5) is 0. The molecule has 2 aliphatic rings. The monoisotopic (exact) mass is 310 g/mol. The summed E-state index contributed by atoms with van der Waals surface area (Å²) in [6.45, 7) is 4.19. The van der Waals surface area contributed by atoms with Crippen LogP contribution in [0.4, 0.5) is 0 Å². The molecule has 1 aliphatic heterocycles. The SMILES string of the molecule is NCCCN1NCCCCCCN1C1CCCCCCCC1. The molecule has 4 heteroatoms. The molecule has 1 heterocycles. The second-order valence-electron chi connectivity index (χ2n) is 7.10. The summed E-state index contributed by atoms with van der Waals surface area (Å²) in [7, 11) is 0. The molecule has 1 saturated heterocycles. The number of nitrogens with zero attached hydrogens (tertiary/aromatic N) is 2. The van der Waals surface area contributed by atoms with Crippen LogP contribution in [-0.4, -0.2) is 42.3 Å². The summed E-state index contributed by atoms with van der Waals surface area (Å²) in [6.07, 6.45) is 17.8. The van der Waals surface area contributed by atoms with Gasteiger partial charge in [-0.25, -0.2) is 10.4 Å². The zero-order chi connectivity index (χ0) is 15.5. The maximum Gasteiger partial charge on any atom is 0.0302 e. The van der Waals surface area contributed by atoms with E-state index in [4.69, 9.17) is 5.73 Å². The van der Waals surface area contributed by atoms with E-state index < -0.39 is 0 Å². The van der Waals surface area contributed by atoms with Gasteiger partial charge in [-0.3, -0.25) is 0 Å². The molecule has 130 valence electrons. The Hall–Kier alpha value is -0.160. The molecule has 0 aromatic heterocycles. The average molecular weight is 311 g/mol. The molecular formula is C18H38N4. The summed E-state index contributed by atoms with van der Waals surface area (Å²) >= 11 is 0. The van der Waals surface area contributed by atoms with Gasteiger partial charge in [-0.2, -0.15) is 5.12 Å². The third-order valence-electron chi connectivity index (χ3n) is 5.24. The van der Waals surface area contributed by atoms with Crippen molar-refractivity contribution in [3.05, 3.63) is 0 Å². The van der Waals surface area contributed by atoms with Gasteiger partial charge in [0.15, 0.2) is 0 Å². The molecule has 0 aromatic rings. The van der Waals surface area contributed by atoms with Gasteiger partial charge in [0.25, 0.3) is 0 Å². The van der Waals surface area contributed by atoms with Crippen molar-refractivity contribution in [2.45, 2.75) is 89.5 Å². The van der Waals surface area contributed by atoms with Crippen molar-refractivity contribution in [1.29, 1.82) is 0 Å². The molecular weight excluding hydrogens is 272 g/mol. The maximum absolute atomic E-state index is 5.76. The first-order chi connectivity index (χ1) is 10.9. The van der Waals surface area contributed by atoms with Crippen molar-refractivity contribution >= 4 is 0 Å². The topological polar surface area (TPSA) is 44.5 Å². The van der Waals surface area contributed by atoms with E-state index in [0.29, 0.717) is 0 Å². The zero-order valence-electron chi connectivity index (χ0n) is 14.6. The predicted molar refractivity (Wildman–Crippen MR) is 94.3 cm³/mol. The fourth-order valence-corrected chi connectivity index (χ4v) is 3.91. The first kappa shape index (κ1) is 18.2. The highest BCUT2D eigenvalue weighted by Crippen LogP contribution is 2.23. The van der Waals surface area contributed by atoms with Crippen LogP contribution in [-0.2, 0) is 0 Å². The minimum atomic E-state index is 0.737. The Labute approximate surface area is 137 Å². The van der Waals surface area contributed by atoms with E-state index in [-0.39, 0.29) is 0 Å².